The third-order valence-electron chi connectivity index (χ3n) is 3.70. The Balaban J connectivity index is 2.17. The van der Waals surface area contributed by atoms with Crippen LogP contribution < -0.4 is 0 Å². The topological polar surface area (TPSA) is 40.5 Å². The lowest BCUT2D eigenvalue weighted by Crippen LogP contribution is -2.35. The number of carbonyl (C=O) groups excluding carboxylic acids is 1. The minimum absolute atomic E-state index is 0.0777. The maximum absolute atomic E-state index is 14.0. The second-order valence-corrected chi connectivity index (χ2v) is 5.01. The maximum atomic E-state index is 14.0. The number of nitrogens with zero attached hydrogens (tertiary/aromatic N) is 1. The second kappa shape index (κ2) is 6.53. The van der Waals surface area contributed by atoms with Crippen LogP contribution in [0.15, 0.2) is 18.2 Å². The summed E-state index contributed by atoms with van der Waals surface area (Å²) in [6, 6.07) is 4.51. The molecule has 0 aliphatic heterocycles. The van der Waals surface area contributed by atoms with Crippen molar-refractivity contribution in [2.45, 2.75) is 31.7 Å². The van der Waals surface area contributed by atoms with Gasteiger partial charge in [-0.05, 0) is 31.0 Å². The number of benzene rings is 1. The van der Waals surface area contributed by atoms with Crippen LogP contribution >= 0.6 is 0 Å². The van der Waals surface area contributed by atoms with Crippen LogP contribution in [0.4, 0.5) is 4.39 Å². The van der Waals surface area contributed by atoms with Gasteiger partial charge in [0.2, 0.25) is 0 Å². The van der Waals surface area contributed by atoms with Crippen LogP contribution in [0.1, 0.15) is 41.6 Å². The van der Waals surface area contributed by atoms with Gasteiger partial charge in [-0.1, -0.05) is 24.7 Å². The second-order valence-electron chi connectivity index (χ2n) is 5.01. The van der Waals surface area contributed by atoms with E-state index >= 15 is 0 Å². The van der Waals surface area contributed by atoms with Crippen molar-refractivity contribution in [1.82, 2.24) is 4.90 Å². The molecular formula is C16H18FNO2. The highest BCUT2D eigenvalue weighted by Gasteiger charge is 2.25. The first kappa shape index (κ1) is 14.5. The third kappa shape index (κ3) is 3.17. The molecule has 1 amide bonds. The highest BCUT2D eigenvalue weighted by Crippen LogP contribution is 2.24. The van der Waals surface area contributed by atoms with Gasteiger partial charge in [-0.3, -0.25) is 4.79 Å². The lowest BCUT2D eigenvalue weighted by Gasteiger charge is -2.24. The molecule has 2 rings (SSSR count). The van der Waals surface area contributed by atoms with E-state index in [1.54, 1.807) is 18.0 Å². The Morgan fingerprint density at radius 3 is 2.75 bits per heavy atom. The van der Waals surface area contributed by atoms with E-state index in [-0.39, 0.29) is 24.1 Å². The van der Waals surface area contributed by atoms with Gasteiger partial charge >= 0.3 is 0 Å². The van der Waals surface area contributed by atoms with Crippen LogP contribution in [0.2, 0.25) is 0 Å². The van der Waals surface area contributed by atoms with Gasteiger partial charge in [-0.15, -0.1) is 0 Å². The Bertz CT molecular complexity index is 553. The predicted octanol–water partition coefficient (Wildman–Crippen LogP) is 2.18. The number of aliphatic hydroxyl groups excluding tert-OH is 1. The van der Waals surface area contributed by atoms with Gasteiger partial charge in [0, 0.05) is 18.7 Å². The molecule has 0 radical (unpaired) electrons. The van der Waals surface area contributed by atoms with Crippen LogP contribution in [0.25, 0.3) is 0 Å². The molecule has 4 heteroatoms. The van der Waals surface area contributed by atoms with Crippen molar-refractivity contribution in [2.24, 2.45) is 0 Å². The largest absolute Gasteiger partial charge is 0.384 e. The quantitative estimate of drug-likeness (QED) is 0.840. The average molecular weight is 275 g/mol. The minimum atomic E-state index is -0.565. The van der Waals surface area contributed by atoms with Crippen molar-refractivity contribution >= 4 is 5.91 Å². The van der Waals surface area contributed by atoms with Crippen LogP contribution in [0, 0.1) is 17.7 Å². The lowest BCUT2D eigenvalue weighted by molar-refractivity contribution is 0.0730. The summed E-state index contributed by atoms with van der Waals surface area (Å²) in [5, 5.41) is 8.61. The first-order valence-corrected chi connectivity index (χ1v) is 6.80. The van der Waals surface area contributed by atoms with Crippen molar-refractivity contribution in [3.05, 3.63) is 35.1 Å². The van der Waals surface area contributed by atoms with Crippen molar-refractivity contribution in [3.8, 4) is 11.8 Å². The Kier molecular flexibility index (Phi) is 4.75. The molecule has 0 heterocycles. The molecule has 0 atom stereocenters. The van der Waals surface area contributed by atoms with E-state index in [4.69, 9.17) is 5.11 Å². The van der Waals surface area contributed by atoms with Crippen molar-refractivity contribution in [2.75, 3.05) is 13.7 Å². The fourth-order valence-electron chi connectivity index (χ4n) is 2.56. The molecule has 1 aromatic rings. The number of aliphatic hydroxyl groups is 1. The first-order valence-electron chi connectivity index (χ1n) is 6.80. The number of hydrogen-bond acceptors (Lipinski definition) is 2. The van der Waals surface area contributed by atoms with E-state index in [1.807, 2.05) is 0 Å². The summed E-state index contributed by atoms with van der Waals surface area (Å²) in [4.78, 5) is 13.9. The summed E-state index contributed by atoms with van der Waals surface area (Å²) in [7, 11) is 1.73. The zero-order valence-electron chi connectivity index (χ0n) is 11.5. The van der Waals surface area contributed by atoms with E-state index in [0.29, 0.717) is 5.56 Å². The normalized spacial score (nSPS) is 14.8. The molecule has 106 valence electrons. The Morgan fingerprint density at radius 2 is 2.15 bits per heavy atom. The van der Waals surface area contributed by atoms with E-state index in [1.165, 1.54) is 12.1 Å². The summed E-state index contributed by atoms with van der Waals surface area (Å²) in [5.74, 6) is 4.23. The molecule has 1 N–H and O–H groups in total. The Morgan fingerprint density at radius 1 is 1.45 bits per heavy atom. The van der Waals surface area contributed by atoms with Gasteiger partial charge < -0.3 is 10.0 Å². The minimum Gasteiger partial charge on any atom is -0.384 e. The van der Waals surface area contributed by atoms with Gasteiger partial charge in [0.05, 0.1) is 5.56 Å². The molecule has 1 aliphatic carbocycles. The molecule has 0 saturated heterocycles. The maximum Gasteiger partial charge on any atom is 0.256 e. The molecule has 0 unspecified atom stereocenters. The number of amides is 1. The molecule has 3 nitrogen and oxygen atoms in total. The lowest BCUT2D eigenvalue weighted by atomic mass is 10.1. The van der Waals surface area contributed by atoms with Crippen molar-refractivity contribution in [1.29, 1.82) is 0 Å². The molecule has 0 aromatic heterocycles. The van der Waals surface area contributed by atoms with Crippen molar-refractivity contribution in [3.63, 3.8) is 0 Å². The van der Waals surface area contributed by atoms with Gasteiger partial charge in [0.1, 0.15) is 12.4 Å². The molecule has 1 fully saturated rings. The van der Waals surface area contributed by atoms with E-state index in [0.717, 1.165) is 25.7 Å². The number of hydrogen-bond donors (Lipinski definition) is 1. The van der Waals surface area contributed by atoms with Gasteiger partial charge in [-0.25, -0.2) is 4.39 Å². The van der Waals surface area contributed by atoms with E-state index in [9.17, 15) is 9.18 Å². The summed E-state index contributed by atoms with van der Waals surface area (Å²) in [6.07, 6.45) is 4.23. The zero-order valence-corrected chi connectivity index (χ0v) is 11.5. The zero-order chi connectivity index (χ0) is 14.5. The first-order chi connectivity index (χ1) is 9.63. The summed E-state index contributed by atoms with van der Waals surface area (Å²) < 4.78 is 14.0. The van der Waals surface area contributed by atoms with Crippen molar-refractivity contribution < 1.29 is 14.3 Å². The number of carbonyl (C=O) groups is 1. The van der Waals surface area contributed by atoms with Crippen LogP contribution in [0.3, 0.4) is 0 Å². The third-order valence-corrected chi connectivity index (χ3v) is 3.70. The fourth-order valence-corrected chi connectivity index (χ4v) is 2.56. The van der Waals surface area contributed by atoms with E-state index < -0.39 is 5.82 Å². The monoisotopic (exact) mass is 275 g/mol. The smallest absolute Gasteiger partial charge is 0.256 e. The predicted molar refractivity (Wildman–Crippen MR) is 74.7 cm³/mol. The van der Waals surface area contributed by atoms with Crippen LogP contribution in [-0.4, -0.2) is 35.6 Å². The Labute approximate surface area is 118 Å². The number of halogens is 1. The molecule has 0 bridgehead atoms. The fraction of sp³-hybridized carbons (Fsp3) is 0.438. The summed E-state index contributed by atoms with van der Waals surface area (Å²) in [6.45, 7) is -0.271. The molecule has 1 aliphatic rings. The summed E-state index contributed by atoms with van der Waals surface area (Å²) in [5.41, 5.74) is 0.533. The van der Waals surface area contributed by atoms with Crippen LogP contribution in [-0.2, 0) is 0 Å². The molecular weight excluding hydrogens is 257 g/mol. The highest BCUT2D eigenvalue weighted by atomic mass is 19.1. The molecule has 20 heavy (non-hydrogen) atoms. The van der Waals surface area contributed by atoms with Gasteiger partial charge in [0.25, 0.3) is 5.91 Å². The summed E-state index contributed by atoms with van der Waals surface area (Å²) >= 11 is 0. The molecule has 0 spiro atoms. The van der Waals surface area contributed by atoms with Gasteiger partial charge in [-0.2, -0.15) is 0 Å². The molecule has 1 saturated carbocycles. The Hall–Kier alpha value is -1.86. The number of rotatable bonds is 2. The molecule has 1 aromatic carbocycles. The highest BCUT2D eigenvalue weighted by molar-refractivity contribution is 5.94. The van der Waals surface area contributed by atoms with Gasteiger partial charge in [0.15, 0.2) is 0 Å². The standard InChI is InChI=1S/C16H18FNO2/c1-18(13-6-2-3-7-13)16(20)14-9-8-12(5-4-10-19)11-15(14)17/h8-9,11,13,19H,2-3,6-7,10H2,1H3. The van der Waals surface area contributed by atoms with Crippen LogP contribution in [0.5, 0.6) is 0 Å². The average Bonchev–Trinajstić information content (AvgIpc) is 2.98. The SMILES string of the molecule is CN(C(=O)c1ccc(C#CCO)cc1F)C1CCCC1. The van der Waals surface area contributed by atoms with E-state index in [2.05, 4.69) is 11.8 Å².